The molecule has 1 aromatic carbocycles. The molecule has 0 heterocycles. The van der Waals surface area contributed by atoms with Crippen molar-refractivity contribution >= 4 is 5.91 Å². The van der Waals surface area contributed by atoms with Crippen LogP contribution in [0.25, 0.3) is 0 Å². The zero-order valence-electron chi connectivity index (χ0n) is 12.1. The van der Waals surface area contributed by atoms with E-state index in [-0.39, 0.29) is 12.5 Å². The lowest BCUT2D eigenvalue weighted by Crippen LogP contribution is -2.33. The first-order valence-corrected chi connectivity index (χ1v) is 6.83. The number of rotatable bonds is 8. The molecular formula is C16H23NO3. The third kappa shape index (κ3) is 5.45. The molecule has 0 aliphatic carbocycles. The van der Waals surface area contributed by atoms with Crippen molar-refractivity contribution < 1.29 is 14.6 Å². The molecule has 0 saturated heterocycles. The van der Waals surface area contributed by atoms with Crippen molar-refractivity contribution in [3.05, 3.63) is 42.5 Å². The Labute approximate surface area is 120 Å². The normalized spacial score (nSPS) is 12.0. The molecule has 0 aromatic heterocycles. The van der Waals surface area contributed by atoms with Gasteiger partial charge in [0.15, 0.2) is 0 Å². The zero-order chi connectivity index (χ0) is 15.0. The quantitative estimate of drug-likeness (QED) is 0.717. The van der Waals surface area contributed by atoms with Gasteiger partial charge in [-0.2, -0.15) is 0 Å². The van der Waals surface area contributed by atoms with E-state index < -0.39 is 6.10 Å². The topological polar surface area (TPSA) is 58.6 Å². The van der Waals surface area contributed by atoms with Gasteiger partial charge in [0, 0.05) is 6.54 Å². The Hall–Kier alpha value is -1.81. The number of aliphatic hydroxyl groups excluding tert-OH is 1. The minimum Gasteiger partial charge on any atom is -0.489 e. The fourth-order valence-corrected chi connectivity index (χ4v) is 1.86. The van der Waals surface area contributed by atoms with Crippen molar-refractivity contribution in [2.75, 3.05) is 13.2 Å². The molecule has 0 aliphatic rings. The third-order valence-electron chi connectivity index (χ3n) is 2.73. The van der Waals surface area contributed by atoms with Crippen LogP contribution in [-0.4, -0.2) is 30.3 Å². The van der Waals surface area contributed by atoms with E-state index in [0.29, 0.717) is 30.3 Å². The molecule has 4 nitrogen and oxygen atoms in total. The lowest BCUT2D eigenvalue weighted by molar-refractivity contribution is 0.0897. The lowest BCUT2D eigenvalue weighted by Gasteiger charge is -2.15. The maximum Gasteiger partial charge on any atom is 0.255 e. The van der Waals surface area contributed by atoms with E-state index in [1.54, 1.807) is 24.3 Å². The number of amides is 1. The standard InChI is InChI=1S/C16H23NO3/c1-4-9-20-15-8-6-5-7-14(15)16(19)17-11-13(18)10-12(2)3/h4-8,12-13,18H,1,9-11H2,2-3H3,(H,17,19). The molecule has 4 heteroatoms. The lowest BCUT2D eigenvalue weighted by atomic mass is 10.1. The Morgan fingerprint density at radius 2 is 2.15 bits per heavy atom. The molecule has 0 bridgehead atoms. The SMILES string of the molecule is C=CCOc1ccccc1C(=O)NCC(O)CC(C)C. The Morgan fingerprint density at radius 1 is 1.45 bits per heavy atom. The minimum atomic E-state index is -0.528. The van der Waals surface area contributed by atoms with Crippen LogP contribution in [0.1, 0.15) is 30.6 Å². The largest absolute Gasteiger partial charge is 0.489 e. The Balaban J connectivity index is 2.60. The van der Waals surface area contributed by atoms with Crippen LogP contribution in [0.3, 0.4) is 0 Å². The molecule has 110 valence electrons. The summed E-state index contributed by atoms with van der Waals surface area (Å²) in [5, 5.41) is 12.5. The molecule has 0 saturated carbocycles. The molecule has 0 fully saturated rings. The van der Waals surface area contributed by atoms with Crippen LogP contribution in [-0.2, 0) is 0 Å². The van der Waals surface area contributed by atoms with Crippen LogP contribution in [0.5, 0.6) is 5.75 Å². The summed E-state index contributed by atoms with van der Waals surface area (Å²) in [6, 6.07) is 7.02. The van der Waals surface area contributed by atoms with Gasteiger partial charge in [-0.3, -0.25) is 4.79 Å². The molecular weight excluding hydrogens is 254 g/mol. The van der Waals surface area contributed by atoms with E-state index in [9.17, 15) is 9.90 Å². The average Bonchev–Trinajstić information content (AvgIpc) is 2.42. The molecule has 0 spiro atoms. The van der Waals surface area contributed by atoms with Crippen LogP contribution < -0.4 is 10.1 Å². The monoisotopic (exact) mass is 277 g/mol. The molecule has 1 rings (SSSR count). The van der Waals surface area contributed by atoms with Gasteiger partial charge in [-0.25, -0.2) is 0 Å². The summed E-state index contributed by atoms with van der Waals surface area (Å²) in [7, 11) is 0. The summed E-state index contributed by atoms with van der Waals surface area (Å²) in [5.74, 6) is 0.667. The number of para-hydroxylation sites is 1. The first-order valence-electron chi connectivity index (χ1n) is 6.83. The first kappa shape index (κ1) is 16.2. The molecule has 0 radical (unpaired) electrons. The second-order valence-corrected chi connectivity index (χ2v) is 5.09. The van der Waals surface area contributed by atoms with Crippen molar-refractivity contribution in [3.8, 4) is 5.75 Å². The van der Waals surface area contributed by atoms with Gasteiger partial charge in [0.05, 0.1) is 11.7 Å². The van der Waals surface area contributed by atoms with E-state index >= 15 is 0 Å². The van der Waals surface area contributed by atoms with Gasteiger partial charge < -0.3 is 15.2 Å². The summed E-state index contributed by atoms with van der Waals surface area (Å²) >= 11 is 0. The predicted molar refractivity (Wildman–Crippen MR) is 79.9 cm³/mol. The highest BCUT2D eigenvalue weighted by molar-refractivity contribution is 5.96. The van der Waals surface area contributed by atoms with Gasteiger partial charge in [0.1, 0.15) is 12.4 Å². The van der Waals surface area contributed by atoms with E-state index in [1.807, 2.05) is 19.9 Å². The van der Waals surface area contributed by atoms with Crippen molar-refractivity contribution in [1.82, 2.24) is 5.32 Å². The summed E-state index contributed by atoms with van der Waals surface area (Å²) in [5.41, 5.74) is 0.464. The fourth-order valence-electron chi connectivity index (χ4n) is 1.86. The van der Waals surface area contributed by atoms with E-state index in [0.717, 1.165) is 0 Å². The predicted octanol–water partition coefficient (Wildman–Crippen LogP) is 2.39. The molecule has 20 heavy (non-hydrogen) atoms. The van der Waals surface area contributed by atoms with Gasteiger partial charge in [-0.15, -0.1) is 0 Å². The van der Waals surface area contributed by atoms with Crippen molar-refractivity contribution in [1.29, 1.82) is 0 Å². The highest BCUT2D eigenvalue weighted by atomic mass is 16.5. The minimum absolute atomic E-state index is 0.243. The number of aliphatic hydroxyl groups is 1. The molecule has 1 amide bonds. The van der Waals surface area contributed by atoms with Crippen LogP contribution in [0.4, 0.5) is 0 Å². The second kappa shape index (κ2) is 8.38. The smallest absolute Gasteiger partial charge is 0.255 e. The Morgan fingerprint density at radius 3 is 2.80 bits per heavy atom. The number of hydrogen-bond donors (Lipinski definition) is 2. The van der Waals surface area contributed by atoms with Gasteiger partial charge in [-0.05, 0) is 24.5 Å². The van der Waals surface area contributed by atoms with E-state index in [4.69, 9.17) is 4.74 Å². The number of carbonyl (C=O) groups excluding carboxylic acids is 1. The number of benzene rings is 1. The van der Waals surface area contributed by atoms with Crippen LogP contribution in [0.2, 0.25) is 0 Å². The highest BCUT2D eigenvalue weighted by Gasteiger charge is 2.14. The second-order valence-electron chi connectivity index (χ2n) is 5.09. The summed E-state index contributed by atoms with van der Waals surface area (Å²) < 4.78 is 5.44. The number of carbonyl (C=O) groups is 1. The Bertz CT molecular complexity index is 443. The van der Waals surface area contributed by atoms with Crippen molar-refractivity contribution in [3.63, 3.8) is 0 Å². The number of hydrogen-bond acceptors (Lipinski definition) is 3. The van der Waals surface area contributed by atoms with Crippen molar-refractivity contribution in [2.24, 2.45) is 5.92 Å². The maximum absolute atomic E-state index is 12.1. The van der Waals surface area contributed by atoms with Gasteiger partial charge in [0.25, 0.3) is 5.91 Å². The van der Waals surface area contributed by atoms with E-state index in [2.05, 4.69) is 11.9 Å². The molecule has 1 atom stereocenters. The number of nitrogens with one attached hydrogen (secondary N) is 1. The summed E-state index contributed by atoms with van der Waals surface area (Å²) in [6.45, 7) is 8.23. The summed E-state index contributed by atoms with van der Waals surface area (Å²) in [6.07, 6.45) is 1.76. The average molecular weight is 277 g/mol. The van der Waals surface area contributed by atoms with Crippen molar-refractivity contribution in [2.45, 2.75) is 26.4 Å². The third-order valence-corrected chi connectivity index (χ3v) is 2.73. The fraction of sp³-hybridized carbons (Fsp3) is 0.438. The Kier molecular flexibility index (Phi) is 6.81. The first-order chi connectivity index (χ1) is 9.54. The van der Waals surface area contributed by atoms with Gasteiger partial charge in [-0.1, -0.05) is 38.6 Å². The molecule has 1 aromatic rings. The highest BCUT2D eigenvalue weighted by Crippen LogP contribution is 2.17. The van der Waals surface area contributed by atoms with Crippen LogP contribution in [0.15, 0.2) is 36.9 Å². The molecule has 0 aliphatic heterocycles. The van der Waals surface area contributed by atoms with Crippen LogP contribution >= 0.6 is 0 Å². The van der Waals surface area contributed by atoms with Gasteiger partial charge in [0.2, 0.25) is 0 Å². The molecule has 1 unspecified atom stereocenters. The number of ether oxygens (including phenoxy) is 1. The van der Waals surface area contributed by atoms with Gasteiger partial charge >= 0.3 is 0 Å². The van der Waals surface area contributed by atoms with E-state index in [1.165, 1.54) is 0 Å². The summed E-state index contributed by atoms with van der Waals surface area (Å²) in [4.78, 5) is 12.1. The van der Waals surface area contributed by atoms with Crippen LogP contribution in [0, 0.1) is 5.92 Å². The zero-order valence-corrected chi connectivity index (χ0v) is 12.1. The molecule has 2 N–H and O–H groups in total. The maximum atomic E-state index is 12.1.